The molecule has 0 aliphatic heterocycles. The number of nitrogens with one attached hydrogen (secondary N) is 1. The van der Waals surface area contributed by atoms with E-state index < -0.39 is 0 Å². The zero-order chi connectivity index (χ0) is 17.9. The van der Waals surface area contributed by atoms with Crippen LogP contribution in [0, 0.1) is 0 Å². The fraction of sp³-hybridized carbons (Fsp3) is 0.0476. The molecule has 1 amide bonds. The van der Waals surface area contributed by atoms with Gasteiger partial charge in [0.05, 0.1) is 11.3 Å². The van der Waals surface area contributed by atoms with Gasteiger partial charge < -0.3 is 8.98 Å². The third kappa shape index (κ3) is 3.02. The first-order valence-corrected chi connectivity index (χ1v) is 8.28. The molecule has 2 aromatic carbocycles. The number of fused-ring (bicyclic) bond motifs is 1. The second-order valence-electron chi connectivity index (χ2n) is 5.89. The molecule has 0 radical (unpaired) electrons. The number of para-hydroxylation sites is 2. The van der Waals surface area contributed by atoms with Gasteiger partial charge in [0.15, 0.2) is 5.76 Å². The first kappa shape index (κ1) is 15.9. The number of hydrogen-bond acceptors (Lipinski definition) is 3. The van der Waals surface area contributed by atoms with Crippen molar-refractivity contribution in [1.29, 1.82) is 0 Å². The van der Waals surface area contributed by atoms with Crippen molar-refractivity contribution in [2.24, 2.45) is 5.10 Å². The van der Waals surface area contributed by atoms with E-state index in [-0.39, 0.29) is 5.91 Å². The summed E-state index contributed by atoms with van der Waals surface area (Å²) in [6.45, 7) is 1.80. The highest BCUT2D eigenvalue weighted by Gasteiger charge is 2.12. The molecule has 0 atom stereocenters. The van der Waals surface area contributed by atoms with E-state index in [4.69, 9.17) is 4.42 Å². The van der Waals surface area contributed by atoms with Crippen molar-refractivity contribution in [1.82, 2.24) is 9.99 Å². The van der Waals surface area contributed by atoms with Crippen LogP contribution in [-0.2, 0) is 0 Å². The van der Waals surface area contributed by atoms with E-state index in [1.807, 2.05) is 77.6 Å². The molecule has 0 saturated heterocycles. The molecule has 4 aromatic rings. The molecule has 2 aromatic heterocycles. The Morgan fingerprint density at radius 1 is 1.00 bits per heavy atom. The molecule has 4 rings (SSSR count). The van der Waals surface area contributed by atoms with E-state index in [0.29, 0.717) is 17.0 Å². The second-order valence-corrected chi connectivity index (χ2v) is 5.89. The van der Waals surface area contributed by atoms with Gasteiger partial charge in [-0.15, -0.1) is 0 Å². The van der Waals surface area contributed by atoms with Crippen LogP contribution in [0.2, 0.25) is 0 Å². The Morgan fingerprint density at radius 3 is 2.54 bits per heavy atom. The predicted molar refractivity (Wildman–Crippen MR) is 102 cm³/mol. The highest BCUT2D eigenvalue weighted by molar-refractivity contribution is 6.02. The summed E-state index contributed by atoms with van der Waals surface area (Å²) in [5.74, 6) is 0.356. The fourth-order valence-corrected chi connectivity index (χ4v) is 2.80. The van der Waals surface area contributed by atoms with Crippen molar-refractivity contribution < 1.29 is 9.21 Å². The van der Waals surface area contributed by atoms with E-state index in [1.54, 1.807) is 13.0 Å². The van der Waals surface area contributed by atoms with Gasteiger partial charge in [-0.05, 0) is 43.3 Å². The van der Waals surface area contributed by atoms with Crippen molar-refractivity contribution in [2.75, 3.05) is 0 Å². The van der Waals surface area contributed by atoms with Crippen molar-refractivity contribution in [3.05, 3.63) is 90.4 Å². The van der Waals surface area contributed by atoms with Crippen LogP contribution >= 0.6 is 0 Å². The number of aromatic nitrogens is 1. The molecule has 128 valence electrons. The maximum atomic E-state index is 12.6. The van der Waals surface area contributed by atoms with Gasteiger partial charge in [0.1, 0.15) is 11.3 Å². The molecule has 0 fully saturated rings. The van der Waals surface area contributed by atoms with Gasteiger partial charge in [-0.2, -0.15) is 5.10 Å². The van der Waals surface area contributed by atoms with Crippen LogP contribution in [0.5, 0.6) is 0 Å². The lowest BCUT2D eigenvalue weighted by Crippen LogP contribution is -2.21. The number of hydrazone groups is 1. The average Bonchev–Trinajstić information content (AvgIpc) is 3.35. The minimum atomic E-state index is -0.273. The summed E-state index contributed by atoms with van der Waals surface area (Å²) in [4.78, 5) is 12.6. The van der Waals surface area contributed by atoms with Gasteiger partial charge in [-0.25, -0.2) is 5.43 Å². The van der Waals surface area contributed by atoms with Crippen LogP contribution in [0.15, 0.2) is 88.6 Å². The van der Waals surface area contributed by atoms with Gasteiger partial charge in [-0.3, -0.25) is 4.79 Å². The monoisotopic (exact) mass is 343 g/mol. The van der Waals surface area contributed by atoms with Crippen LogP contribution in [0.1, 0.15) is 23.0 Å². The number of furan rings is 1. The van der Waals surface area contributed by atoms with Gasteiger partial charge in [0.25, 0.3) is 5.91 Å². The molecule has 26 heavy (non-hydrogen) atoms. The minimum absolute atomic E-state index is 0.273. The number of hydrogen-bond donors (Lipinski definition) is 1. The Hall–Kier alpha value is -3.60. The van der Waals surface area contributed by atoms with Crippen LogP contribution in [-0.4, -0.2) is 16.2 Å². The Balaban J connectivity index is 1.58. The molecule has 0 saturated carbocycles. The lowest BCUT2D eigenvalue weighted by molar-refractivity contribution is 0.0955. The number of carbonyl (C=O) groups excluding carboxylic acids is 1. The van der Waals surface area contributed by atoms with Crippen molar-refractivity contribution >= 4 is 22.6 Å². The van der Waals surface area contributed by atoms with Gasteiger partial charge in [0.2, 0.25) is 0 Å². The number of amides is 1. The molecule has 0 aliphatic carbocycles. The van der Waals surface area contributed by atoms with Gasteiger partial charge in [0, 0.05) is 17.8 Å². The summed E-state index contributed by atoms with van der Waals surface area (Å²) >= 11 is 0. The largest absolute Gasteiger partial charge is 0.455 e. The Kier molecular flexibility index (Phi) is 4.11. The molecular formula is C21H17N3O2. The van der Waals surface area contributed by atoms with Crippen molar-refractivity contribution in [3.63, 3.8) is 0 Å². The summed E-state index contributed by atoms with van der Waals surface area (Å²) < 4.78 is 7.66. The molecule has 1 N–H and O–H groups in total. The Bertz CT molecular complexity index is 1060. The molecule has 5 nitrogen and oxygen atoms in total. The highest BCUT2D eigenvalue weighted by atomic mass is 16.3. The summed E-state index contributed by atoms with van der Waals surface area (Å²) in [6, 6.07) is 20.9. The van der Waals surface area contributed by atoms with E-state index in [1.165, 1.54) is 0 Å². The molecule has 0 aliphatic rings. The van der Waals surface area contributed by atoms with Crippen LogP contribution in [0.25, 0.3) is 16.7 Å². The normalized spacial score (nSPS) is 11.7. The van der Waals surface area contributed by atoms with E-state index >= 15 is 0 Å². The maximum Gasteiger partial charge on any atom is 0.273 e. The Labute approximate surface area is 150 Å². The number of rotatable bonds is 4. The smallest absolute Gasteiger partial charge is 0.273 e. The fourth-order valence-electron chi connectivity index (χ4n) is 2.80. The van der Waals surface area contributed by atoms with E-state index in [2.05, 4.69) is 10.5 Å². The van der Waals surface area contributed by atoms with Crippen LogP contribution in [0.4, 0.5) is 0 Å². The summed E-state index contributed by atoms with van der Waals surface area (Å²) in [6.07, 6.45) is 3.80. The zero-order valence-electron chi connectivity index (χ0n) is 14.2. The first-order chi connectivity index (χ1) is 12.7. The zero-order valence-corrected chi connectivity index (χ0v) is 14.2. The van der Waals surface area contributed by atoms with Gasteiger partial charge >= 0.3 is 0 Å². The lowest BCUT2D eigenvalue weighted by atomic mass is 10.1. The van der Waals surface area contributed by atoms with Crippen molar-refractivity contribution in [3.8, 4) is 5.69 Å². The third-order valence-electron chi connectivity index (χ3n) is 4.14. The molecule has 0 unspecified atom stereocenters. The molecule has 0 bridgehead atoms. The summed E-state index contributed by atoms with van der Waals surface area (Å²) in [5, 5.41) is 5.20. The van der Waals surface area contributed by atoms with E-state index in [0.717, 1.165) is 16.7 Å². The second kappa shape index (κ2) is 6.72. The topological polar surface area (TPSA) is 59.5 Å². The third-order valence-corrected chi connectivity index (χ3v) is 4.14. The molecule has 2 heterocycles. The molecular weight excluding hydrogens is 326 g/mol. The first-order valence-electron chi connectivity index (χ1n) is 8.28. The van der Waals surface area contributed by atoms with Crippen molar-refractivity contribution in [2.45, 2.75) is 6.92 Å². The summed E-state index contributed by atoms with van der Waals surface area (Å²) in [5.41, 5.74) is 5.36. The average molecular weight is 343 g/mol. The highest BCUT2D eigenvalue weighted by Crippen LogP contribution is 2.19. The quantitative estimate of drug-likeness (QED) is 0.442. The number of benzene rings is 2. The minimum Gasteiger partial charge on any atom is -0.455 e. The lowest BCUT2D eigenvalue weighted by Gasteiger charge is -2.09. The standard InChI is InChI=1S/C21H17N3O2/c1-15(20-14-16-8-2-5-11-19(16)26-20)22-23-21(25)17-9-3-4-10-18(17)24-12-6-7-13-24/h2-14H,1H3,(H,23,25)/b22-15-. The van der Waals surface area contributed by atoms with E-state index in [9.17, 15) is 4.79 Å². The maximum absolute atomic E-state index is 12.6. The Morgan fingerprint density at radius 2 is 1.73 bits per heavy atom. The number of carbonyl (C=O) groups is 1. The van der Waals surface area contributed by atoms with Crippen LogP contribution < -0.4 is 5.43 Å². The molecule has 0 spiro atoms. The van der Waals surface area contributed by atoms with Crippen LogP contribution in [0.3, 0.4) is 0 Å². The van der Waals surface area contributed by atoms with Gasteiger partial charge in [-0.1, -0.05) is 30.3 Å². The molecule has 5 heteroatoms. The predicted octanol–water partition coefficient (Wildman–Crippen LogP) is 4.38. The SMILES string of the molecule is C/C(=N/NC(=O)c1ccccc1-n1cccc1)c1cc2ccccc2o1. The summed E-state index contributed by atoms with van der Waals surface area (Å²) in [7, 11) is 0. The number of nitrogens with zero attached hydrogens (tertiary/aromatic N) is 2.